The van der Waals surface area contributed by atoms with Crippen molar-refractivity contribution in [3.63, 3.8) is 0 Å². The summed E-state index contributed by atoms with van der Waals surface area (Å²) in [4.78, 5) is 24.3. The molecule has 0 aromatic carbocycles. The lowest BCUT2D eigenvalue weighted by molar-refractivity contribution is -0.167. The fraction of sp³-hybridized carbons (Fsp3) is 0.579. The van der Waals surface area contributed by atoms with Gasteiger partial charge in [0.25, 0.3) is 0 Å². The Bertz CT molecular complexity index is 609. The maximum Gasteiger partial charge on any atom is 0.334 e. The van der Waals surface area contributed by atoms with Gasteiger partial charge in [-0.3, -0.25) is 4.79 Å². The molecule has 2 N–H and O–H groups in total. The van der Waals surface area contributed by atoms with E-state index >= 15 is 0 Å². The first-order chi connectivity index (χ1) is 11.7. The van der Waals surface area contributed by atoms with Crippen molar-refractivity contribution >= 4 is 11.9 Å². The van der Waals surface area contributed by atoms with Crippen LogP contribution in [0.1, 0.15) is 20.3 Å². The molecular formula is C19H26O6. The van der Waals surface area contributed by atoms with Crippen molar-refractivity contribution in [3.05, 3.63) is 37.0 Å². The Labute approximate surface area is 147 Å². The summed E-state index contributed by atoms with van der Waals surface area (Å²) in [5, 5.41) is 18.7. The van der Waals surface area contributed by atoms with E-state index in [9.17, 15) is 14.7 Å². The van der Waals surface area contributed by atoms with E-state index in [2.05, 4.69) is 19.7 Å². The minimum atomic E-state index is -0.662. The number of aliphatic hydroxyl groups is 2. The molecule has 2 fully saturated rings. The van der Waals surface area contributed by atoms with E-state index in [0.717, 1.165) is 0 Å². The number of aliphatic hydroxyl groups excluding tert-OH is 2. The van der Waals surface area contributed by atoms with Crippen LogP contribution in [0.3, 0.4) is 0 Å². The fourth-order valence-corrected chi connectivity index (χ4v) is 3.84. The van der Waals surface area contributed by atoms with Crippen molar-refractivity contribution in [2.45, 2.75) is 32.5 Å². The second-order valence-corrected chi connectivity index (χ2v) is 7.19. The van der Waals surface area contributed by atoms with Gasteiger partial charge in [-0.25, -0.2) is 4.79 Å². The van der Waals surface area contributed by atoms with E-state index in [1.807, 2.05) is 6.92 Å². The van der Waals surface area contributed by atoms with Gasteiger partial charge in [0.05, 0.1) is 25.0 Å². The second kappa shape index (κ2) is 7.14. The van der Waals surface area contributed by atoms with Gasteiger partial charge in [0.15, 0.2) is 0 Å². The maximum atomic E-state index is 12.2. The summed E-state index contributed by atoms with van der Waals surface area (Å²) in [6, 6.07) is 0. The van der Waals surface area contributed by atoms with Crippen molar-refractivity contribution in [2.75, 3.05) is 13.2 Å². The molecule has 6 unspecified atom stereocenters. The predicted molar refractivity (Wildman–Crippen MR) is 91.3 cm³/mol. The molecule has 6 nitrogen and oxygen atoms in total. The van der Waals surface area contributed by atoms with Crippen LogP contribution >= 0.6 is 0 Å². The lowest BCUT2D eigenvalue weighted by atomic mass is 9.59. The highest BCUT2D eigenvalue weighted by Gasteiger charge is 2.58. The Balaban J connectivity index is 2.41. The van der Waals surface area contributed by atoms with E-state index in [4.69, 9.17) is 14.6 Å². The summed E-state index contributed by atoms with van der Waals surface area (Å²) in [5.74, 6) is -2.60. The average molecular weight is 350 g/mol. The van der Waals surface area contributed by atoms with Gasteiger partial charge in [0.2, 0.25) is 0 Å². The third-order valence-corrected chi connectivity index (χ3v) is 5.40. The SMILES string of the molecule is C=CC1(C)CC(OC(=O)C(C)CO)C2C(=C)C(=O)OC2C1C(=C)CO. The molecule has 6 atom stereocenters. The van der Waals surface area contributed by atoms with Gasteiger partial charge in [-0.05, 0) is 24.3 Å². The molecule has 2 aliphatic rings. The Kier molecular flexibility index (Phi) is 5.54. The van der Waals surface area contributed by atoms with Crippen molar-refractivity contribution in [3.8, 4) is 0 Å². The third-order valence-electron chi connectivity index (χ3n) is 5.40. The van der Waals surface area contributed by atoms with Gasteiger partial charge < -0.3 is 19.7 Å². The Morgan fingerprint density at radius 3 is 2.68 bits per heavy atom. The highest BCUT2D eigenvalue weighted by molar-refractivity contribution is 5.91. The van der Waals surface area contributed by atoms with E-state index in [1.54, 1.807) is 13.0 Å². The molecule has 0 spiro atoms. The lowest BCUT2D eigenvalue weighted by Gasteiger charge is -2.48. The number of carbonyl (C=O) groups is 2. The first-order valence-corrected chi connectivity index (χ1v) is 8.33. The number of hydrogen-bond acceptors (Lipinski definition) is 6. The Morgan fingerprint density at radius 1 is 1.52 bits per heavy atom. The largest absolute Gasteiger partial charge is 0.461 e. The molecule has 1 saturated carbocycles. The monoisotopic (exact) mass is 350 g/mol. The van der Waals surface area contributed by atoms with Gasteiger partial charge in [-0.15, -0.1) is 6.58 Å². The molecule has 0 aromatic rings. The molecule has 0 bridgehead atoms. The maximum absolute atomic E-state index is 12.2. The van der Waals surface area contributed by atoms with Gasteiger partial charge >= 0.3 is 11.9 Å². The number of esters is 2. The number of ether oxygens (including phenoxy) is 2. The topological polar surface area (TPSA) is 93.1 Å². The average Bonchev–Trinajstić information content (AvgIpc) is 2.88. The summed E-state index contributed by atoms with van der Waals surface area (Å²) >= 11 is 0. The van der Waals surface area contributed by atoms with Crippen LogP contribution in [0.15, 0.2) is 37.0 Å². The number of carbonyl (C=O) groups excluding carboxylic acids is 2. The fourth-order valence-electron chi connectivity index (χ4n) is 3.84. The molecule has 2 rings (SSSR count). The molecule has 1 aliphatic heterocycles. The van der Waals surface area contributed by atoms with E-state index in [0.29, 0.717) is 12.0 Å². The van der Waals surface area contributed by atoms with E-state index in [1.165, 1.54) is 0 Å². The summed E-state index contributed by atoms with van der Waals surface area (Å²) < 4.78 is 11.1. The number of fused-ring (bicyclic) bond motifs is 1. The molecular weight excluding hydrogens is 324 g/mol. The Morgan fingerprint density at radius 2 is 2.16 bits per heavy atom. The van der Waals surface area contributed by atoms with Crippen LogP contribution in [-0.4, -0.2) is 47.6 Å². The van der Waals surface area contributed by atoms with Crippen LogP contribution in [0.2, 0.25) is 0 Å². The van der Waals surface area contributed by atoms with Gasteiger partial charge in [0.1, 0.15) is 12.2 Å². The zero-order valence-corrected chi connectivity index (χ0v) is 14.7. The summed E-state index contributed by atoms with van der Waals surface area (Å²) in [6.45, 7) is 14.5. The third kappa shape index (κ3) is 3.28. The number of allylic oxidation sites excluding steroid dienone is 1. The zero-order valence-electron chi connectivity index (χ0n) is 14.7. The Hall–Kier alpha value is -1.92. The quantitative estimate of drug-likeness (QED) is 0.427. The number of rotatable bonds is 6. The first kappa shape index (κ1) is 19.4. The van der Waals surface area contributed by atoms with Crippen LogP contribution < -0.4 is 0 Å². The van der Waals surface area contributed by atoms with Crippen molar-refractivity contribution in [1.82, 2.24) is 0 Å². The van der Waals surface area contributed by atoms with Crippen LogP contribution in [0.25, 0.3) is 0 Å². The predicted octanol–water partition coefficient (Wildman–Crippen LogP) is 1.39. The van der Waals surface area contributed by atoms with Crippen LogP contribution in [0.4, 0.5) is 0 Å². The highest BCUT2D eigenvalue weighted by Crippen LogP contribution is 2.53. The van der Waals surface area contributed by atoms with Crippen molar-refractivity contribution in [2.24, 2.45) is 23.2 Å². The summed E-state index contributed by atoms with van der Waals surface area (Å²) in [6.07, 6.45) is 0.857. The van der Waals surface area contributed by atoms with E-state index < -0.39 is 41.4 Å². The van der Waals surface area contributed by atoms with Crippen LogP contribution in [-0.2, 0) is 19.1 Å². The summed E-state index contributed by atoms with van der Waals surface area (Å²) in [5.41, 5.74) is 0.203. The number of hydrogen-bond donors (Lipinski definition) is 2. The van der Waals surface area contributed by atoms with Gasteiger partial charge in [0, 0.05) is 11.5 Å². The normalized spacial score (nSPS) is 35.5. The van der Waals surface area contributed by atoms with Gasteiger partial charge in [-0.1, -0.05) is 26.2 Å². The lowest BCUT2D eigenvalue weighted by Crippen LogP contribution is -2.52. The second-order valence-electron chi connectivity index (χ2n) is 7.19. The van der Waals surface area contributed by atoms with Gasteiger partial charge in [-0.2, -0.15) is 0 Å². The molecule has 0 radical (unpaired) electrons. The summed E-state index contributed by atoms with van der Waals surface area (Å²) in [7, 11) is 0. The van der Waals surface area contributed by atoms with E-state index in [-0.39, 0.29) is 24.7 Å². The smallest absolute Gasteiger partial charge is 0.334 e. The molecule has 6 heteroatoms. The minimum absolute atomic E-state index is 0.243. The molecule has 25 heavy (non-hydrogen) atoms. The van der Waals surface area contributed by atoms with Crippen molar-refractivity contribution < 1.29 is 29.3 Å². The first-order valence-electron chi connectivity index (χ1n) is 8.33. The zero-order chi connectivity index (χ0) is 18.9. The van der Waals surface area contributed by atoms with Crippen LogP contribution in [0.5, 0.6) is 0 Å². The molecule has 0 aromatic heterocycles. The minimum Gasteiger partial charge on any atom is -0.461 e. The standard InChI is InChI=1S/C19H26O6/c1-6-19(5)7-13(24-17(22)11(3)9-21)14-12(4)18(23)25-16(14)15(19)10(2)8-20/h6,11,13-16,20-21H,1-2,4,7-9H2,3,5H3. The molecule has 138 valence electrons. The molecule has 1 saturated heterocycles. The highest BCUT2D eigenvalue weighted by atomic mass is 16.6. The van der Waals surface area contributed by atoms with Crippen molar-refractivity contribution in [1.29, 1.82) is 0 Å². The molecule has 1 heterocycles. The van der Waals surface area contributed by atoms with Crippen LogP contribution in [0, 0.1) is 23.2 Å². The molecule has 0 amide bonds. The molecule has 1 aliphatic carbocycles.